The number of carbonyl (C=O) groups is 1. The molecule has 1 heterocycles. The summed E-state index contributed by atoms with van der Waals surface area (Å²) in [6.07, 6.45) is 9.92. The van der Waals surface area contributed by atoms with Crippen molar-refractivity contribution >= 4 is 5.91 Å². The molecule has 0 saturated heterocycles. The average molecular weight is 353 g/mol. The molecule has 2 aromatic rings. The molecule has 0 unspecified atom stereocenters. The minimum absolute atomic E-state index is 0.397. The molecule has 0 bridgehead atoms. The predicted molar refractivity (Wildman–Crippen MR) is 103 cm³/mol. The van der Waals surface area contributed by atoms with Crippen LogP contribution in [0.5, 0.6) is 5.88 Å². The van der Waals surface area contributed by atoms with Crippen LogP contribution in [0.15, 0.2) is 60.2 Å². The highest BCUT2D eigenvalue weighted by Crippen LogP contribution is 2.15. The van der Waals surface area contributed by atoms with Crippen LogP contribution in [0.3, 0.4) is 0 Å². The molecule has 26 heavy (non-hydrogen) atoms. The molecule has 1 aromatic heterocycles. The van der Waals surface area contributed by atoms with Crippen molar-refractivity contribution in [1.29, 1.82) is 0 Å². The maximum atomic E-state index is 11.5. The highest BCUT2D eigenvalue weighted by Gasteiger charge is 2.06. The number of unbranched alkanes of at least 4 members (excludes halogenated alkanes) is 5. The fourth-order valence-electron chi connectivity index (χ4n) is 2.56. The summed E-state index contributed by atoms with van der Waals surface area (Å²) in [5.41, 5.74) is 0.895. The van der Waals surface area contributed by atoms with Crippen LogP contribution in [0.25, 0.3) is 5.69 Å². The quantitative estimate of drug-likeness (QED) is 0.474. The molecule has 0 radical (unpaired) electrons. The number of hydrogen-bond donors (Lipinski definition) is 0. The van der Waals surface area contributed by atoms with E-state index in [-0.39, 0.29) is 0 Å². The molecule has 0 saturated carbocycles. The van der Waals surface area contributed by atoms with Crippen molar-refractivity contribution < 1.29 is 9.53 Å². The van der Waals surface area contributed by atoms with Crippen molar-refractivity contribution in [3.63, 3.8) is 0 Å². The number of carbonyl (C=O) groups excluding carboxylic acids is 1. The Bertz CT molecular complexity index is 766. The highest BCUT2D eigenvalue weighted by molar-refractivity contribution is 5.87. The molecule has 1 amide bonds. The molecule has 138 valence electrons. The summed E-state index contributed by atoms with van der Waals surface area (Å²) < 4.78 is 7.67. The Kier molecular flexibility index (Phi) is 8.33. The molecule has 0 N–H and O–H groups in total. The van der Waals surface area contributed by atoms with Gasteiger partial charge in [0, 0.05) is 6.07 Å². The minimum Gasteiger partial charge on any atom is -0.478 e. The summed E-state index contributed by atoms with van der Waals surface area (Å²) in [6.45, 7) is 6.26. The molecule has 5 heteroatoms. The molecule has 2 rings (SSSR count). The molecule has 0 aliphatic carbocycles. The first-order chi connectivity index (χ1) is 12.7. The number of aromatic nitrogens is 2. The number of hydrogen-bond acceptors (Lipinski definition) is 3. The lowest BCUT2D eigenvalue weighted by Crippen LogP contribution is -2.15. The maximum absolute atomic E-state index is 11.5. The van der Waals surface area contributed by atoms with Gasteiger partial charge in [-0.1, -0.05) is 63.8 Å². The summed E-state index contributed by atoms with van der Waals surface area (Å²) in [6, 6.07) is 11.5. The number of ether oxygens (including phenoxy) is 1. The second-order valence-electron chi connectivity index (χ2n) is 6.07. The van der Waals surface area contributed by atoms with Gasteiger partial charge in [0.1, 0.15) is 0 Å². The zero-order valence-corrected chi connectivity index (χ0v) is 15.4. The van der Waals surface area contributed by atoms with E-state index in [0.29, 0.717) is 17.8 Å². The van der Waals surface area contributed by atoms with Gasteiger partial charge in [-0.05, 0) is 24.6 Å². The molecule has 0 atom stereocenters. The van der Waals surface area contributed by atoms with Crippen molar-refractivity contribution in [3.8, 4) is 11.6 Å². The lowest BCUT2D eigenvalue weighted by atomic mass is 10.1. The first kappa shape index (κ1) is 19.6. The molecule has 1 aromatic carbocycles. The number of rotatable bonds is 10. The molecular formula is C21H27N3O2. The largest absolute Gasteiger partial charge is 0.478 e. The van der Waals surface area contributed by atoms with Crippen LogP contribution in [0.2, 0.25) is 0 Å². The van der Waals surface area contributed by atoms with Gasteiger partial charge in [-0.25, -0.2) is 9.67 Å². The molecule has 5 nitrogen and oxygen atoms in total. The van der Waals surface area contributed by atoms with Gasteiger partial charge < -0.3 is 4.74 Å². The zero-order valence-electron chi connectivity index (χ0n) is 15.4. The Balaban J connectivity index is 2.12. The van der Waals surface area contributed by atoms with Crippen LogP contribution >= 0.6 is 0 Å². The monoisotopic (exact) mass is 353 g/mol. The average Bonchev–Trinajstić information content (AvgIpc) is 2.68. The van der Waals surface area contributed by atoms with E-state index in [1.54, 1.807) is 16.9 Å². The molecule has 0 fully saturated rings. The van der Waals surface area contributed by atoms with E-state index < -0.39 is 5.91 Å². The van der Waals surface area contributed by atoms with Gasteiger partial charge in [0.15, 0.2) is 0 Å². The molecule has 0 spiro atoms. The first-order valence-electron chi connectivity index (χ1n) is 9.23. The standard InChI is InChI=1S/C21H27N3O2/c1-3-5-6-7-8-12-15-26-21-16-18(23-20(25)4-2)17-22-24(21)19-13-10-9-11-14-19/h4,9-11,13-14,16-17H,2-3,5-8,12,15H2,1H3/b23-18-. The first-order valence-corrected chi connectivity index (χ1v) is 9.23. The van der Waals surface area contributed by atoms with E-state index in [1.165, 1.54) is 31.8 Å². The zero-order chi connectivity index (χ0) is 18.6. The fraction of sp³-hybridized carbons (Fsp3) is 0.381. The topological polar surface area (TPSA) is 56.5 Å². The van der Waals surface area contributed by atoms with Gasteiger partial charge in [-0.2, -0.15) is 5.10 Å². The van der Waals surface area contributed by atoms with Crippen LogP contribution < -0.4 is 10.1 Å². The third-order valence-electron chi connectivity index (χ3n) is 3.95. The lowest BCUT2D eigenvalue weighted by Gasteiger charge is -2.13. The van der Waals surface area contributed by atoms with E-state index in [4.69, 9.17) is 4.74 Å². The Hall–Kier alpha value is -2.69. The van der Waals surface area contributed by atoms with Gasteiger partial charge in [-0.15, -0.1) is 0 Å². The summed E-state index contributed by atoms with van der Waals surface area (Å²) in [5.74, 6) is 0.175. The van der Waals surface area contributed by atoms with Crippen LogP contribution in [0.4, 0.5) is 0 Å². The summed E-state index contributed by atoms with van der Waals surface area (Å²) in [5, 5.41) is 4.85. The van der Waals surface area contributed by atoms with Crippen LogP contribution in [0.1, 0.15) is 45.4 Å². The number of benzene rings is 1. The van der Waals surface area contributed by atoms with E-state index in [9.17, 15) is 4.79 Å². The number of para-hydroxylation sites is 1. The molecule has 0 aliphatic heterocycles. The van der Waals surface area contributed by atoms with E-state index in [0.717, 1.165) is 18.5 Å². The van der Waals surface area contributed by atoms with Gasteiger partial charge in [0.05, 0.1) is 23.8 Å². The Morgan fingerprint density at radius 3 is 2.65 bits per heavy atom. The van der Waals surface area contributed by atoms with Crippen LogP contribution in [0, 0.1) is 0 Å². The fourth-order valence-corrected chi connectivity index (χ4v) is 2.56. The summed E-state index contributed by atoms with van der Waals surface area (Å²) in [4.78, 5) is 15.4. The second kappa shape index (κ2) is 11.0. The van der Waals surface area contributed by atoms with Crippen molar-refractivity contribution in [1.82, 2.24) is 9.78 Å². The smallest absolute Gasteiger partial charge is 0.269 e. The van der Waals surface area contributed by atoms with E-state index in [2.05, 4.69) is 23.6 Å². The van der Waals surface area contributed by atoms with Crippen LogP contribution in [-0.2, 0) is 4.79 Å². The maximum Gasteiger partial charge on any atom is 0.269 e. The molecule has 0 aliphatic rings. The Labute approximate surface area is 155 Å². The third-order valence-corrected chi connectivity index (χ3v) is 3.95. The lowest BCUT2D eigenvalue weighted by molar-refractivity contribution is -0.113. The predicted octanol–water partition coefficient (Wildman–Crippen LogP) is 4.22. The molecular weight excluding hydrogens is 326 g/mol. The van der Waals surface area contributed by atoms with E-state index >= 15 is 0 Å². The summed E-state index contributed by atoms with van der Waals surface area (Å²) in [7, 11) is 0. The van der Waals surface area contributed by atoms with Gasteiger partial charge in [-0.3, -0.25) is 4.79 Å². The van der Waals surface area contributed by atoms with Crippen LogP contribution in [-0.4, -0.2) is 22.3 Å². The minimum atomic E-state index is -0.397. The SMILES string of the molecule is C=CC(=O)/N=c1\cnn(-c2ccccc2)c(OCCCCCCCC)c1. The normalized spacial score (nSPS) is 11.3. The van der Waals surface area contributed by atoms with Crippen molar-refractivity contribution in [3.05, 3.63) is 60.6 Å². The third kappa shape index (κ3) is 6.31. The Morgan fingerprint density at radius 1 is 1.19 bits per heavy atom. The van der Waals surface area contributed by atoms with Crippen molar-refractivity contribution in [2.24, 2.45) is 4.99 Å². The van der Waals surface area contributed by atoms with Crippen molar-refractivity contribution in [2.75, 3.05) is 6.61 Å². The second-order valence-corrected chi connectivity index (χ2v) is 6.07. The Morgan fingerprint density at radius 2 is 1.92 bits per heavy atom. The number of nitrogens with zero attached hydrogens (tertiary/aromatic N) is 3. The summed E-state index contributed by atoms with van der Waals surface area (Å²) >= 11 is 0. The van der Waals surface area contributed by atoms with Gasteiger partial charge in [0.25, 0.3) is 5.91 Å². The van der Waals surface area contributed by atoms with Gasteiger partial charge >= 0.3 is 0 Å². The van der Waals surface area contributed by atoms with Gasteiger partial charge in [0.2, 0.25) is 5.88 Å². The van der Waals surface area contributed by atoms with Crippen molar-refractivity contribution in [2.45, 2.75) is 45.4 Å². The highest BCUT2D eigenvalue weighted by atomic mass is 16.5. The van der Waals surface area contributed by atoms with E-state index in [1.807, 2.05) is 30.3 Å². The number of amides is 1.